The smallest absolute Gasteiger partial charge is 0.339 e. The van der Waals surface area contributed by atoms with Crippen molar-refractivity contribution >= 4 is 11.9 Å². The SMILES string of the molecule is COC(=O)c1ccccc1C(=O)OCC(C)(C)N. The second-order valence-corrected chi connectivity index (χ2v) is 4.60. The van der Waals surface area contributed by atoms with Crippen LogP contribution in [0.4, 0.5) is 0 Å². The normalized spacial score (nSPS) is 10.9. The lowest BCUT2D eigenvalue weighted by atomic mass is 10.1. The maximum atomic E-state index is 11.8. The van der Waals surface area contributed by atoms with Crippen LogP contribution in [0.15, 0.2) is 24.3 Å². The van der Waals surface area contributed by atoms with Gasteiger partial charge in [-0.05, 0) is 26.0 Å². The fraction of sp³-hybridized carbons (Fsp3) is 0.385. The summed E-state index contributed by atoms with van der Waals surface area (Å²) in [5.41, 5.74) is 5.46. The summed E-state index contributed by atoms with van der Waals surface area (Å²) in [5, 5.41) is 0. The number of hydrogen-bond donors (Lipinski definition) is 1. The van der Waals surface area contributed by atoms with Crippen molar-refractivity contribution in [1.82, 2.24) is 0 Å². The molecule has 0 atom stereocenters. The molecule has 1 aromatic rings. The van der Waals surface area contributed by atoms with Crippen LogP contribution < -0.4 is 5.73 Å². The Bertz CT molecular complexity index is 449. The van der Waals surface area contributed by atoms with E-state index in [1.54, 1.807) is 26.0 Å². The van der Waals surface area contributed by atoms with Gasteiger partial charge in [-0.15, -0.1) is 0 Å². The van der Waals surface area contributed by atoms with E-state index < -0.39 is 17.5 Å². The summed E-state index contributed by atoms with van der Waals surface area (Å²) in [6.07, 6.45) is 0. The first-order valence-electron chi connectivity index (χ1n) is 5.48. The lowest BCUT2D eigenvalue weighted by Crippen LogP contribution is -2.38. The Morgan fingerprint density at radius 2 is 1.67 bits per heavy atom. The second kappa shape index (κ2) is 5.64. The van der Waals surface area contributed by atoms with Crippen LogP contribution in [0.5, 0.6) is 0 Å². The molecule has 5 heteroatoms. The zero-order chi connectivity index (χ0) is 13.8. The molecule has 0 aliphatic heterocycles. The van der Waals surface area contributed by atoms with Crippen molar-refractivity contribution in [2.75, 3.05) is 13.7 Å². The highest BCUT2D eigenvalue weighted by Crippen LogP contribution is 2.12. The van der Waals surface area contributed by atoms with Crippen molar-refractivity contribution in [2.45, 2.75) is 19.4 Å². The third-order valence-electron chi connectivity index (χ3n) is 2.13. The quantitative estimate of drug-likeness (QED) is 0.817. The molecule has 2 N–H and O–H groups in total. The molecule has 0 unspecified atom stereocenters. The van der Waals surface area contributed by atoms with Gasteiger partial charge in [-0.25, -0.2) is 9.59 Å². The number of methoxy groups -OCH3 is 1. The molecule has 0 fully saturated rings. The number of nitrogens with two attached hydrogens (primary N) is 1. The van der Waals surface area contributed by atoms with Gasteiger partial charge in [-0.3, -0.25) is 0 Å². The van der Waals surface area contributed by atoms with Crippen LogP contribution in [0.2, 0.25) is 0 Å². The van der Waals surface area contributed by atoms with Crippen LogP contribution >= 0.6 is 0 Å². The molecule has 0 radical (unpaired) electrons. The number of esters is 2. The van der Waals surface area contributed by atoms with E-state index in [0.29, 0.717) is 0 Å². The second-order valence-electron chi connectivity index (χ2n) is 4.60. The molecule has 0 spiro atoms. The lowest BCUT2D eigenvalue weighted by Gasteiger charge is -2.18. The molecule has 0 saturated heterocycles. The van der Waals surface area contributed by atoms with Crippen molar-refractivity contribution in [1.29, 1.82) is 0 Å². The molecule has 0 amide bonds. The summed E-state index contributed by atoms with van der Waals surface area (Å²) in [6, 6.07) is 6.32. The fourth-order valence-electron chi connectivity index (χ4n) is 1.28. The molecule has 0 bridgehead atoms. The Morgan fingerprint density at radius 3 is 2.11 bits per heavy atom. The van der Waals surface area contributed by atoms with E-state index in [1.165, 1.54) is 19.2 Å². The van der Waals surface area contributed by atoms with Gasteiger partial charge in [0.05, 0.1) is 18.2 Å². The topological polar surface area (TPSA) is 78.6 Å². The monoisotopic (exact) mass is 251 g/mol. The van der Waals surface area contributed by atoms with E-state index in [0.717, 1.165) is 0 Å². The van der Waals surface area contributed by atoms with E-state index >= 15 is 0 Å². The lowest BCUT2D eigenvalue weighted by molar-refractivity contribution is 0.0421. The molecule has 18 heavy (non-hydrogen) atoms. The van der Waals surface area contributed by atoms with Crippen LogP contribution in [0.1, 0.15) is 34.6 Å². The number of carbonyl (C=O) groups excluding carboxylic acids is 2. The fourth-order valence-corrected chi connectivity index (χ4v) is 1.28. The molecular weight excluding hydrogens is 234 g/mol. The average molecular weight is 251 g/mol. The number of benzene rings is 1. The zero-order valence-electron chi connectivity index (χ0n) is 10.7. The number of ether oxygens (including phenoxy) is 2. The number of rotatable bonds is 4. The molecule has 0 aliphatic carbocycles. The minimum absolute atomic E-state index is 0.0708. The van der Waals surface area contributed by atoms with Crippen molar-refractivity contribution in [3.8, 4) is 0 Å². The highest BCUT2D eigenvalue weighted by atomic mass is 16.5. The summed E-state index contributed by atoms with van der Waals surface area (Å²) in [7, 11) is 1.26. The summed E-state index contributed by atoms with van der Waals surface area (Å²) >= 11 is 0. The predicted molar refractivity (Wildman–Crippen MR) is 66.3 cm³/mol. The van der Waals surface area contributed by atoms with E-state index in [9.17, 15) is 9.59 Å². The van der Waals surface area contributed by atoms with Gasteiger partial charge in [0.1, 0.15) is 6.61 Å². The summed E-state index contributed by atoms with van der Waals surface area (Å²) in [6.45, 7) is 3.56. The molecule has 0 aromatic heterocycles. The Balaban J connectivity index is 2.89. The van der Waals surface area contributed by atoms with Gasteiger partial charge in [0.15, 0.2) is 0 Å². The van der Waals surface area contributed by atoms with Gasteiger partial charge in [-0.2, -0.15) is 0 Å². The van der Waals surface area contributed by atoms with Crippen molar-refractivity contribution in [2.24, 2.45) is 5.73 Å². The van der Waals surface area contributed by atoms with E-state index in [4.69, 9.17) is 10.5 Å². The average Bonchev–Trinajstić information content (AvgIpc) is 2.34. The maximum Gasteiger partial charge on any atom is 0.339 e. The Kier molecular flexibility index (Phi) is 4.44. The van der Waals surface area contributed by atoms with Crippen molar-refractivity contribution in [3.63, 3.8) is 0 Å². The van der Waals surface area contributed by atoms with E-state index in [-0.39, 0.29) is 17.7 Å². The zero-order valence-corrected chi connectivity index (χ0v) is 10.7. The molecule has 98 valence electrons. The van der Waals surface area contributed by atoms with Gasteiger partial charge >= 0.3 is 11.9 Å². The number of hydrogen-bond acceptors (Lipinski definition) is 5. The summed E-state index contributed by atoms with van der Waals surface area (Å²) < 4.78 is 9.66. The van der Waals surface area contributed by atoms with Crippen LogP contribution in [0, 0.1) is 0 Å². The van der Waals surface area contributed by atoms with Crippen LogP contribution in [0.25, 0.3) is 0 Å². The minimum atomic E-state index is -0.615. The maximum absolute atomic E-state index is 11.8. The first-order valence-corrected chi connectivity index (χ1v) is 5.48. The summed E-state index contributed by atoms with van der Waals surface area (Å²) in [4.78, 5) is 23.3. The van der Waals surface area contributed by atoms with Gasteiger partial charge in [-0.1, -0.05) is 12.1 Å². The largest absolute Gasteiger partial charge is 0.465 e. The minimum Gasteiger partial charge on any atom is -0.465 e. The highest BCUT2D eigenvalue weighted by molar-refractivity contribution is 6.03. The Morgan fingerprint density at radius 1 is 1.17 bits per heavy atom. The highest BCUT2D eigenvalue weighted by Gasteiger charge is 2.20. The summed E-state index contributed by atoms with van der Waals surface area (Å²) in [5.74, 6) is -1.16. The molecule has 1 rings (SSSR count). The number of carbonyl (C=O) groups is 2. The van der Waals surface area contributed by atoms with Gasteiger partial charge in [0.2, 0.25) is 0 Å². The predicted octanol–water partition coefficient (Wildman–Crippen LogP) is 1.37. The van der Waals surface area contributed by atoms with Crippen LogP contribution in [0.3, 0.4) is 0 Å². The van der Waals surface area contributed by atoms with Crippen molar-refractivity contribution < 1.29 is 19.1 Å². The first kappa shape index (κ1) is 14.2. The Labute approximate surface area is 106 Å². The standard InChI is InChI=1S/C13H17NO4/c1-13(2,14)8-18-12(16)10-7-5-4-6-9(10)11(15)17-3/h4-7H,8,14H2,1-3H3. The van der Waals surface area contributed by atoms with Crippen LogP contribution in [-0.2, 0) is 9.47 Å². The van der Waals surface area contributed by atoms with Gasteiger partial charge < -0.3 is 15.2 Å². The molecule has 0 saturated carbocycles. The van der Waals surface area contributed by atoms with Crippen molar-refractivity contribution in [3.05, 3.63) is 35.4 Å². The molecule has 5 nitrogen and oxygen atoms in total. The molecule has 1 aromatic carbocycles. The molecular formula is C13H17NO4. The van der Waals surface area contributed by atoms with Gasteiger partial charge in [0.25, 0.3) is 0 Å². The molecule has 0 heterocycles. The van der Waals surface area contributed by atoms with E-state index in [2.05, 4.69) is 4.74 Å². The molecule has 0 aliphatic rings. The van der Waals surface area contributed by atoms with Gasteiger partial charge in [0, 0.05) is 5.54 Å². The third-order valence-corrected chi connectivity index (χ3v) is 2.13. The van der Waals surface area contributed by atoms with E-state index in [1.807, 2.05) is 0 Å². The first-order chi connectivity index (χ1) is 8.35. The van der Waals surface area contributed by atoms with Crippen LogP contribution in [-0.4, -0.2) is 31.2 Å². The Hall–Kier alpha value is -1.88. The third kappa shape index (κ3) is 3.85.